The fraction of sp³-hybridized carbons (Fsp3) is 0.588. The Labute approximate surface area is 146 Å². The molecule has 2 rings (SSSR count). The third kappa shape index (κ3) is 5.71. The van der Waals surface area contributed by atoms with E-state index in [4.69, 9.17) is 16.3 Å². The minimum Gasteiger partial charge on any atom is -0.425 e. The molecule has 2 nitrogen and oxygen atoms in total. The molecule has 1 saturated heterocycles. The van der Waals surface area contributed by atoms with E-state index in [9.17, 15) is 4.79 Å². The molecule has 0 aliphatic carbocycles. The first kappa shape index (κ1) is 18.0. The van der Waals surface area contributed by atoms with E-state index in [1.807, 2.05) is 41.7 Å². The summed E-state index contributed by atoms with van der Waals surface area (Å²) in [5, 5.41) is 0.529. The maximum Gasteiger partial charge on any atom is 0.311 e. The third-order valence-electron chi connectivity index (χ3n) is 3.44. The SMILES string of the molecule is CC(C)CCCC(=O)Oc1ccc(C2SCCCS2)cc1Cl. The van der Waals surface area contributed by atoms with E-state index in [-0.39, 0.29) is 5.97 Å². The zero-order valence-corrected chi connectivity index (χ0v) is 15.5. The van der Waals surface area contributed by atoms with Crippen LogP contribution in [0.25, 0.3) is 0 Å². The van der Waals surface area contributed by atoms with Crippen LogP contribution in [0.3, 0.4) is 0 Å². The van der Waals surface area contributed by atoms with Gasteiger partial charge in [0.15, 0.2) is 0 Å². The molecule has 0 bridgehead atoms. The number of esters is 1. The molecule has 1 aromatic carbocycles. The van der Waals surface area contributed by atoms with Gasteiger partial charge in [-0.1, -0.05) is 37.9 Å². The van der Waals surface area contributed by atoms with E-state index in [0.717, 1.165) is 12.8 Å². The van der Waals surface area contributed by atoms with Gasteiger partial charge in [0.2, 0.25) is 0 Å². The summed E-state index contributed by atoms with van der Waals surface area (Å²) < 4.78 is 5.83. The highest BCUT2D eigenvalue weighted by Gasteiger charge is 2.18. The van der Waals surface area contributed by atoms with Gasteiger partial charge in [-0.3, -0.25) is 4.79 Å². The molecule has 1 fully saturated rings. The number of carbonyl (C=O) groups is 1. The molecule has 5 heteroatoms. The van der Waals surface area contributed by atoms with Crippen LogP contribution in [0.15, 0.2) is 18.2 Å². The lowest BCUT2D eigenvalue weighted by Gasteiger charge is -2.21. The minimum atomic E-state index is -0.197. The van der Waals surface area contributed by atoms with Crippen LogP contribution >= 0.6 is 35.1 Å². The Hall–Kier alpha value is -0.320. The molecule has 0 unspecified atom stereocenters. The van der Waals surface area contributed by atoms with E-state index in [1.165, 1.54) is 23.5 Å². The Morgan fingerprint density at radius 1 is 1.36 bits per heavy atom. The quantitative estimate of drug-likeness (QED) is 0.464. The molecule has 1 aromatic rings. The molecule has 1 heterocycles. The van der Waals surface area contributed by atoms with Crippen molar-refractivity contribution in [2.24, 2.45) is 5.92 Å². The van der Waals surface area contributed by atoms with Gasteiger partial charge in [0.1, 0.15) is 5.75 Å². The summed E-state index contributed by atoms with van der Waals surface area (Å²) >= 11 is 10.2. The second kappa shape index (κ2) is 9.09. The van der Waals surface area contributed by atoms with Crippen molar-refractivity contribution in [2.75, 3.05) is 11.5 Å². The second-order valence-corrected chi connectivity index (χ2v) is 9.01. The lowest BCUT2D eigenvalue weighted by molar-refractivity contribution is -0.134. The van der Waals surface area contributed by atoms with Crippen molar-refractivity contribution in [2.45, 2.75) is 44.1 Å². The number of ether oxygens (including phenoxy) is 1. The van der Waals surface area contributed by atoms with Gasteiger partial charge in [-0.25, -0.2) is 0 Å². The Balaban J connectivity index is 1.90. The molecule has 0 amide bonds. The number of hydrogen-bond acceptors (Lipinski definition) is 4. The van der Waals surface area contributed by atoms with Crippen molar-refractivity contribution in [1.82, 2.24) is 0 Å². The monoisotopic (exact) mass is 358 g/mol. The van der Waals surface area contributed by atoms with Gasteiger partial charge in [-0.15, -0.1) is 23.5 Å². The van der Waals surface area contributed by atoms with Crippen LogP contribution in [0, 0.1) is 5.92 Å². The Bertz CT molecular complexity index is 499. The number of rotatable bonds is 6. The first-order valence-corrected chi connectivity index (χ1v) is 10.3. The lowest BCUT2D eigenvalue weighted by Crippen LogP contribution is -2.08. The molecule has 1 aliphatic heterocycles. The summed E-state index contributed by atoms with van der Waals surface area (Å²) in [7, 11) is 0. The fourth-order valence-electron chi connectivity index (χ4n) is 2.26. The summed E-state index contributed by atoms with van der Waals surface area (Å²) in [6.07, 6.45) is 3.62. The molecule has 1 aliphatic rings. The van der Waals surface area contributed by atoms with Crippen molar-refractivity contribution in [3.8, 4) is 5.75 Å². The Morgan fingerprint density at radius 3 is 2.73 bits per heavy atom. The highest BCUT2D eigenvalue weighted by Crippen LogP contribution is 2.45. The smallest absolute Gasteiger partial charge is 0.311 e. The van der Waals surface area contributed by atoms with Gasteiger partial charge in [-0.05, 0) is 48.0 Å². The van der Waals surface area contributed by atoms with Gasteiger partial charge < -0.3 is 4.74 Å². The molecule has 0 atom stereocenters. The van der Waals surface area contributed by atoms with Gasteiger partial charge in [0, 0.05) is 6.42 Å². The average molecular weight is 359 g/mol. The number of thioether (sulfide) groups is 2. The fourth-order valence-corrected chi connectivity index (χ4v) is 5.36. The van der Waals surface area contributed by atoms with Crippen LogP contribution in [0.1, 0.15) is 49.7 Å². The van der Waals surface area contributed by atoms with E-state index >= 15 is 0 Å². The zero-order chi connectivity index (χ0) is 15.9. The molecule has 0 spiro atoms. The van der Waals surface area contributed by atoms with E-state index in [0.29, 0.717) is 27.7 Å². The average Bonchev–Trinajstić information content (AvgIpc) is 2.50. The zero-order valence-electron chi connectivity index (χ0n) is 13.1. The predicted octanol–water partition coefficient (Wildman–Crippen LogP) is 5.94. The number of hydrogen-bond donors (Lipinski definition) is 0. The highest BCUT2D eigenvalue weighted by molar-refractivity contribution is 8.16. The van der Waals surface area contributed by atoms with Crippen molar-refractivity contribution < 1.29 is 9.53 Å². The van der Waals surface area contributed by atoms with Crippen LogP contribution in [-0.4, -0.2) is 17.5 Å². The largest absolute Gasteiger partial charge is 0.425 e. The summed E-state index contributed by atoms with van der Waals surface area (Å²) in [6.45, 7) is 4.31. The van der Waals surface area contributed by atoms with Crippen LogP contribution in [0.5, 0.6) is 5.75 Å². The van der Waals surface area contributed by atoms with Crippen molar-refractivity contribution >= 4 is 41.1 Å². The molecular weight excluding hydrogens is 336 g/mol. The predicted molar refractivity (Wildman–Crippen MR) is 98.1 cm³/mol. The summed E-state index contributed by atoms with van der Waals surface area (Å²) in [4.78, 5) is 11.8. The topological polar surface area (TPSA) is 26.3 Å². The molecule has 0 N–H and O–H groups in total. The molecule has 122 valence electrons. The van der Waals surface area contributed by atoms with Gasteiger partial charge >= 0.3 is 5.97 Å². The molecule has 22 heavy (non-hydrogen) atoms. The first-order valence-electron chi connectivity index (χ1n) is 7.79. The van der Waals surface area contributed by atoms with Crippen molar-refractivity contribution in [3.63, 3.8) is 0 Å². The minimum absolute atomic E-state index is 0.197. The molecular formula is C17H23ClO2S2. The molecule has 0 aromatic heterocycles. The third-order valence-corrected chi connectivity index (χ3v) is 6.75. The normalized spacial score (nSPS) is 16.0. The molecule has 0 radical (unpaired) electrons. The summed E-state index contributed by atoms with van der Waals surface area (Å²) in [5.41, 5.74) is 1.21. The molecule has 0 saturated carbocycles. The van der Waals surface area contributed by atoms with E-state index in [2.05, 4.69) is 13.8 Å². The van der Waals surface area contributed by atoms with E-state index in [1.54, 1.807) is 0 Å². The number of benzene rings is 1. The Morgan fingerprint density at radius 2 is 2.09 bits per heavy atom. The second-order valence-electron chi connectivity index (χ2n) is 5.88. The van der Waals surface area contributed by atoms with Gasteiger partial charge in [0.25, 0.3) is 0 Å². The van der Waals surface area contributed by atoms with Crippen LogP contribution in [0.4, 0.5) is 0 Å². The maximum atomic E-state index is 11.8. The van der Waals surface area contributed by atoms with E-state index < -0.39 is 0 Å². The van der Waals surface area contributed by atoms with Crippen LogP contribution in [-0.2, 0) is 4.79 Å². The maximum absolute atomic E-state index is 11.8. The van der Waals surface area contributed by atoms with Crippen LogP contribution < -0.4 is 4.74 Å². The number of carbonyl (C=O) groups excluding carboxylic acids is 1. The Kier molecular flexibility index (Phi) is 7.45. The van der Waals surface area contributed by atoms with Gasteiger partial charge in [0.05, 0.1) is 9.60 Å². The van der Waals surface area contributed by atoms with Crippen molar-refractivity contribution in [3.05, 3.63) is 28.8 Å². The summed E-state index contributed by atoms with van der Waals surface area (Å²) in [6, 6.07) is 5.79. The van der Waals surface area contributed by atoms with Crippen molar-refractivity contribution in [1.29, 1.82) is 0 Å². The standard InChI is InChI=1S/C17H23ClO2S2/c1-12(2)5-3-6-16(19)20-15-8-7-13(11-14(15)18)17-21-9-4-10-22-17/h7-8,11-12,17H,3-6,9-10H2,1-2H3. The van der Waals surface area contributed by atoms with Crippen LogP contribution in [0.2, 0.25) is 5.02 Å². The highest BCUT2D eigenvalue weighted by atomic mass is 35.5. The first-order chi connectivity index (χ1) is 10.6. The van der Waals surface area contributed by atoms with Gasteiger partial charge in [-0.2, -0.15) is 0 Å². The summed E-state index contributed by atoms with van der Waals surface area (Å²) in [5.74, 6) is 3.28. The number of halogens is 1. The lowest BCUT2D eigenvalue weighted by atomic mass is 10.1.